The van der Waals surface area contributed by atoms with Gasteiger partial charge < -0.3 is 24.2 Å². The van der Waals surface area contributed by atoms with Gasteiger partial charge in [0.2, 0.25) is 0 Å². The number of rotatable bonds is 11. The van der Waals surface area contributed by atoms with E-state index in [2.05, 4.69) is 20.6 Å². The Morgan fingerprint density at radius 1 is 0.982 bits per heavy atom. The highest BCUT2D eigenvalue weighted by molar-refractivity contribution is 6.18. The molecular weight excluding hydrogens is 717 g/mol. The number of morpholine rings is 1. The van der Waals surface area contributed by atoms with E-state index in [9.17, 15) is 5.11 Å². The summed E-state index contributed by atoms with van der Waals surface area (Å²) >= 11 is 0. The molecule has 292 valence electrons. The molecule has 56 heavy (non-hydrogen) atoms. The quantitative estimate of drug-likeness (QED) is 0.127. The van der Waals surface area contributed by atoms with Gasteiger partial charge in [-0.2, -0.15) is 15.1 Å². The molecular formula is C43H47F2N7O4. The maximum absolute atomic E-state index is 17.9. The molecule has 5 fully saturated rings. The second kappa shape index (κ2) is 13.8. The van der Waals surface area contributed by atoms with Crippen molar-refractivity contribution in [1.29, 1.82) is 0 Å². The van der Waals surface area contributed by atoms with Gasteiger partial charge in [0.25, 0.3) is 0 Å². The van der Waals surface area contributed by atoms with Crippen LogP contribution in [0.3, 0.4) is 0 Å². The van der Waals surface area contributed by atoms with Crippen molar-refractivity contribution in [3.8, 4) is 35.2 Å². The van der Waals surface area contributed by atoms with Crippen molar-refractivity contribution in [3.05, 3.63) is 47.7 Å². The molecule has 4 bridgehead atoms. The number of aromatic nitrogens is 4. The highest BCUT2D eigenvalue weighted by atomic mass is 19.1. The number of hydrogen-bond acceptors (Lipinski definition) is 10. The fourth-order valence-electron chi connectivity index (χ4n) is 10.2. The van der Waals surface area contributed by atoms with Crippen molar-refractivity contribution in [1.82, 2.24) is 29.5 Å². The van der Waals surface area contributed by atoms with Crippen LogP contribution in [0.5, 0.6) is 11.8 Å². The topological polar surface area (TPSA) is 101 Å². The lowest BCUT2D eigenvalue weighted by molar-refractivity contribution is -0.0460. The summed E-state index contributed by atoms with van der Waals surface area (Å²) in [4.78, 5) is 17.5. The minimum Gasteiger partial charge on any atom is -0.508 e. The number of fused-ring (bicyclic) bond motifs is 8. The van der Waals surface area contributed by atoms with Crippen LogP contribution >= 0.6 is 0 Å². The molecule has 1 aliphatic carbocycles. The Morgan fingerprint density at radius 3 is 2.46 bits per heavy atom. The summed E-state index contributed by atoms with van der Waals surface area (Å²) in [5.41, 5.74) is 0.716. The fraction of sp³-hybridized carbons (Fsp3) is 0.512. The molecule has 0 amide bonds. The number of benzene rings is 3. The first-order valence-electron chi connectivity index (χ1n) is 20.0. The zero-order valence-electron chi connectivity index (χ0n) is 31.9. The van der Waals surface area contributed by atoms with E-state index < -0.39 is 11.6 Å². The molecule has 10 rings (SSSR count). The third-order valence-corrected chi connectivity index (χ3v) is 12.9. The van der Waals surface area contributed by atoms with Crippen molar-refractivity contribution in [3.63, 3.8) is 0 Å². The van der Waals surface area contributed by atoms with Crippen molar-refractivity contribution < 1.29 is 28.1 Å². The lowest BCUT2D eigenvalue weighted by atomic mass is 9.91. The average Bonchev–Trinajstić information content (AvgIpc) is 3.58. The van der Waals surface area contributed by atoms with Crippen LogP contribution < -0.4 is 9.64 Å². The summed E-state index contributed by atoms with van der Waals surface area (Å²) in [6.07, 6.45) is 15.6. The van der Waals surface area contributed by atoms with Crippen LogP contribution in [0.25, 0.3) is 43.7 Å². The van der Waals surface area contributed by atoms with Crippen molar-refractivity contribution in [2.24, 2.45) is 12.5 Å². The van der Waals surface area contributed by atoms with Crippen LogP contribution in [0.1, 0.15) is 50.5 Å². The van der Waals surface area contributed by atoms with Gasteiger partial charge in [0.1, 0.15) is 28.4 Å². The number of phenolic OH excluding ortho intramolecular Hbond substituents is 1. The first kappa shape index (κ1) is 35.8. The van der Waals surface area contributed by atoms with E-state index in [4.69, 9.17) is 35.7 Å². The minimum absolute atomic E-state index is 0.0172. The van der Waals surface area contributed by atoms with Crippen LogP contribution in [0, 0.1) is 29.4 Å². The lowest BCUT2D eigenvalue weighted by Crippen LogP contribution is -2.54. The third kappa shape index (κ3) is 6.13. The smallest absolute Gasteiger partial charge is 0.319 e. The molecule has 2 aromatic heterocycles. The Balaban J connectivity index is 1.11. The molecule has 11 nitrogen and oxygen atoms in total. The number of aryl methyl sites for hydroxylation is 1. The zero-order valence-corrected chi connectivity index (χ0v) is 31.9. The predicted molar refractivity (Wildman–Crippen MR) is 210 cm³/mol. The first-order valence-corrected chi connectivity index (χ1v) is 20.0. The number of nitrogens with zero attached hydrogens (tertiary/aromatic N) is 7. The van der Waals surface area contributed by atoms with Gasteiger partial charge in [-0.1, -0.05) is 12.0 Å². The van der Waals surface area contributed by atoms with E-state index in [-0.39, 0.29) is 51.5 Å². The van der Waals surface area contributed by atoms with E-state index in [1.54, 1.807) is 18.8 Å². The molecule has 1 N–H and O–H groups in total. The largest absolute Gasteiger partial charge is 0.508 e. The molecule has 3 aromatic carbocycles. The van der Waals surface area contributed by atoms with Gasteiger partial charge in [-0.15, -0.1) is 6.42 Å². The molecule has 6 heterocycles. The Kier molecular flexibility index (Phi) is 8.81. The number of phenols is 1. The van der Waals surface area contributed by atoms with Gasteiger partial charge in [-0.05, 0) is 74.1 Å². The van der Waals surface area contributed by atoms with Crippen LogP contribution in [-0.2, 0) is 16.5 Å². The van der Waals surface area contributed by atoms with Gasteiger partial charge in [0.05, 0.1) is 29.8 Å². The molecule has 0 spiro atoms. The van der Waals surface area contributed by atoms with E-state index >= 15 is 8.78 Å². The number of hydrogen-bond donors (Lipinski definition) is 1. The summed E-state index contributed by atoms with van der Waals surface area (Å²) in [7, 11) is 3.52. The second-order valence-corrected chi connectivity index (χ2v) is 16.8. The van der Waals surface area contributed by atoms with Gasteiger partial charge in [-0.25, -0.2) is 8.78 Å². The molecule has 13 heteroatoms. The summed E-state index contributed by atoms with van der Waals surface area (Å²) < 4.78 is 52.8. The monoisotopic (exact) mass is 763 g/mol. The minimum atomic E-state index is -0.658. The number of piperazine rings is 1. The van der Waals surface area contributed by atoms with E-state index in [0.717, 1.165) is 84.2 Å². The number of terminal acetylenes is 1. The van der Waals surface area contributed by atoms with Crippen molar-refractivity contribution in [2.75, 3.05) is 64.5 Å². The average molecular weight is 764 g/mol. The molecule has 0 radical (unpaired) electrons. The molecule has 1 saturated carbocycles. The number of methoxy groups -OCH3 is 1. The summed E-state index contributed by atoms with van der Waals surface area (Å²) in [5, 5.41) is 17.7. The number of aromatic hydroxyl groups is 1. The van der Waals surface area contributed by atoms with Gasteiger partial charge in [0.15, 0.2) is 5.82 Å². The number of ether oxygens (including phenoxy) is 3. The van der Waals surface area contributed by atoms with E-state index in [1.807, 2.05) is 6.20 Å². The van der Waals surface area contributed by atoms with Gasteiger partial charge in [-0.3, -0.25) is 14.5 Å². The van der Waals surface area contributed by atoms with Crippen molar-refractivity contribution in [2.45, 2.75) is 69.2 Å². The Hall–Kier alpha value is -4.61. The second-order valence-electron chi connectivity index (χ2n) is 16.8. The molecule has 5 aliphatic rings. The lowest BCUT2D eigenvalue weighted by Gasteiger charge is -2.42. The highest BCUT2D eigenvalue weighted by Crippen LogP contribution is 2.49. The summed E-state index contributed by atoms with van der Waals surface area (Å²) in [6.45, 7) is 6.62. The standard InChI is InChI=1S/C43H47F2N7O4/c1-4-31-34(44)11-6-25-16-28(53)17-32(35(25)31)36-38(45)40-37(33-22-49(2)48-39(33)36)41(52-26-7-8-27(52)19-50(18-26)14-5-15-54-3)47-42(46-40)55-24-43(12-13-43)23-51-20-29-9-10-30(21-51)56-29/h1,6,11,16-17,22,26-27,29-30,53H,5,7-10,12-15,18-21,23-24H2,2-3H3/t26-,27+,29?,30?. The predicted octanol–water partition coefficient (Wildman–Crippen LogP) is 6.01. The van der Waals surface area contributed by atoms with Crippen LogP contribution in [0.2, 0.25) is 0 Å². The number of likely N-dealkylation sites (tertiary alicyclic amines) is 2. The summed E-state index contributed by atoms with van der Waals surface area (Å²) in [6, 6.07) is 6.19. The Labute approximate surface area is 324 Å². The number of anilines is 1. The Bertz CT molecular complexity index is 2380. The third-order valence-electron chi connectivity index (χ3n) is 12.9. The highest BCUT2D eigenvalue weighted by Gasteiger charge is 2.47. The maximum atomic E-state index is 17.9. The first-order chi connectivity index (χ1) is 27.2. The zero-order chi connectivity index (χ0) is 38.3. The molecule has 4 saturated heterocycles. The summed E-state index contributed by atoms with van der Waals surface area (Å²) in [5.74, 6) is 1.73. The van der Waals surface area contributed by atoms with Gasteiger partial charge >= 0.3 is 6.01 Å². The molecule has 4 aliphatic heterocycles. The maximum Gasteiger partial charge on any atom is 0.319 e. The van der Waals surface area contributed by atoms with Crippen LogP contribution in [0.15, 0.2) is 30.5 Å². The Morgan fingerprint density at radius 2 is 1.75 bits per heavy atom. The van der Waals surface area contributed by atoms with Crippen LogP contribution in [0.4, 0.5) is 14.6 Å². The molecule has 5 aromatic rings. The van der Waals surface area contributed by atoms with E-state index in [0.29, 0.717) is 58.3 Å². The van der Waals surface area contributed by atoms with Crippen molar-refractivity contribution >= 4 is 38.4 Å². The number of halogens is 2. The van der Waals surface area contributed by atoms with Gasteiger partial charge in [0, 0.05) is 100 Å². The normalized spacial score (nSPS) is 24.4. The fourth-order valence-corrected chi connectivity index (χ4v) is 10.2. The molecule has 2 unspecified atom stereocenters. The van der Waals surface area contributed by atoms with E-state index in [1.165, 1.54) is 24.3 Å². The SMILES string of the molecule is C#Cc1c(F)ccc2cc(O)cc(-c3c(F)c4nc(OCC5(CN6CC7CCC(C6)O7)CC5)nc(N5[C@@H]6CC[C@H]5CN(CCCOC)C6)c4c4cn(C)nc34)c12. The molecule has 4 atom stereocenters. The van der Waals surface area contributed by atoms with Crippen LogP contribution in [-0.4, -0.2) is 119 Å².